The molecule has 3 amide bonds. The number of halogens is 1. The van der Waals surface area contributed by atoms with E-state index in [0.717, 1.165) is 36.9 Å². The van der Waals surface area contributed by atoms with Gasteiger partial charge in [0.05, 0.1) is 7.11 Å². The van der Waals surface area contributed by atoms with Crippen LogP contribution >= 0.6 is 0 Å². The maximum atomic E-state index is 14.2. The first-order chi connectivity index (χ1) is 17.4. The summed E-state index contributed by atoms with van der Waals surface area (Å²) in [7, 11) is 1.46. The summed E-state index contributed by atoms with van der Waals surface area (Å²) in [6, 6.07) is 10.0. The second-order valence-electron chi connectivity index (χ2n) is 9.62. The van der Waals surface area contributed by atoms with Crippen molar-refractivity contribution in [2.75, 3.05) is 20.3 Å². The van der Waals surface area contributed by atoms with E-state index < -0.39 is 11.9 Å². The van der Waals surface area contributed by atoms with Crippen molar-refractivity contribution in [3.8, 4) is 11.5 Å². The third-order valence-electron chi connectivity index (χ3n) is 7.29. The van der Waals surface area contributed by atoms with Crippen LogP contribution in [0.4, 0.5) is 4.39 Å². The van der Waals surface area contributed by atoms with E-state index >= 15 is 0 Å². The molecule has 0 spiro atoms. The number of likely N-dealkylation sites (tertiary alicyclic amines) is 1. The van der Waals surface area contributed by atoms with Gasteiger partial charge in [-0.25, -0.2) is 4.39 Å². The third kappa shape index (κ3) is 4.93. The van der Waals surface area contributed by atoms with E-state index in [9.17, 15) is 18.8 Å². The number of fused-ring (bicyclic) bond motifs is 1. The van der Waals surface area contributed by atoms with E-state index in [0.29, 0.717) is 37.4 Å². The van der Waals surface area contributed by atoms with Crippen molar-refractivity contribution in [1.82, 2.24) is 15.1 Å². The first kappa shape index (κ1) is 24.2. The summed E-state index contributed by atoms with van der Waals surface area (Å²) in [5.41, 5.74) is 2.27. The lowest BCUT2D eigenvalue weighted by Crippen LogP contribution is -2.52. The van der Waals surface area contributed by atoms with Gasteiger partial charge < -0.3 is 14.4 Å². The average Bonchev–Trinajstić information content (AvgIpc) is 3.19. The molecular weight excluding hydrogens is 465 g/mol. The van der Waals surface area contributed by atoms with Crippen LogP contribution in [0.15, 0.2) is 36.4 Å². The molecule has 0 radical (unpaired) electrons. The number of amides is 3. The smallest absolute Gasteiger partial charge is 0.255 e. The molecule has 36 heavy (non-hydrogen) atoms. The molecule has 9 heteroatoms. The maximum Gasteiger partial charge on any atom is 0.255 e. The summed E-state index contributed by atoms with van der Waals surface area (Å²) in [4.78, 5) is 40.5. The van der Waals surface area contributed by atoms with E-state index in [1.54, 1.807) is 18.2 Å². The zero-order valence-electron chi connectivity index (χ0n) is 20.3. The predicted octanol–water partition coefficient (Wildman–Crippen LogP) is 3.03. The largest absolute Gasteiger partial charge is 0.494 e. The minimum absolute atomic E-state index is 0.193. The fraction of sp³-hybridized carbons (Fsp3) is 0.444. The highest BCUT2D eigenvalue weighted by Crippen LogP contribution is 2.31. The van der Waals surface area contributed by atoms with Gasteiger partial charge in [0.25, 0.3) is 5.91 Å². The molecule has 2 aromatic rings. The summed E-state index contributed by atoms with van der Waals surface area (Å²) in [5.74, 6) is -0.366. The molecule has 190 valence electrons. The van der Waals surface area contributed by atoms with E-state index in [1.165, 1.54) is 18.1 Å². The van der Waals surface area contributed by atoms with Crippen LogP contribution in [0.5, 0.6) is 11.5 Å². The minimum atomic E-state index is -0.634. The van der Waals surface area contributed by atoms with Gasteiger partial charge in [-0.2, -0.15) is 0 Å². The molecule has 2 aromatic carbocycles. The van der Waals surface area contributed by atoms with Crippen LogP contribution in [-0.4, -0.2) is 59.9 Å². The highest BCUT2D eigenvalue weighted by atomic mass is 19.1. The third-order valence-corrected chi connectivity index (χ3v) is 7.29. The molecule has 0 bridgehead atoms. The number of rotatable bonds is 7. The molecule has 0 aromatic heterocycles. The number of carbonyl (C=O) groups is 3. The summed E-state index contributed by atoms with van der Waals surface area (Å²) in [5, 5.41) is 2.32. The Bertz CT molecular complexity index is 1190. The summed E-state index contributed by atoms with van der Waals surface area (Å²) in [6.45, 7) is 2.36. The SMILES string of the molecule is COc1ccc(CN2CCCC[C@@H]2COc2ccc3c(c2)CN(C2CCC(=O)NC2=O)C3=O)cc1F. The number of methoxy groups -OCH3 is 1. The molecule has 2 fully saturated rings. The lowest BCUT2D eigenvalue weighted by Gasteiger charge is -2.35. The molecule has 0 aliphatic carbocycles. The van der Waals surface area contributed by atoms with E-state index in [2.05, 4.69) is 10.2 Å². The minimum Gasteiger partial charge on any atom is -0.494 e. The Morgan fingerprint density at radius 1 is 1.08 bits per heavy atom. The highest BCUT2D eigenvalue weighted by Gasteiger charge is 2.39. The van der Waals surface area contributed by atoms with Crippen LogP contribution in [0.3, 0.4) is 0 Å². The second-order valence-corrected chi connectivity index (χ2v) is 9.62. The Morgan fingerprint density at radius 3 is 2.72 bits per heavy atom. The molecular formula is C27H30FN3O5. The molecule has 0 saturated carbocycles. The normalized spacial score (nSPS) is 22.4. The number of nitrogens with one attached hydrogen (secondary N) is 1. The van der Waals surface area contributed by atoms with Gasteiger partial charge in [0, 0.05) is 31.1 Å². The lowest BCUT2D eigenvalue weighted by atomic mass is 10.0. The number of benzene rings is 2. The van der Waals surface area contributed by atoms with Crippen molar-refractivity contribution < 1.29 is 28.2 Å². The number of nitrogens with zero attached hydrogens (tertiary/aromatic N) is 2. The topological polar surface area (TPSA) is 88.2 Å². The number of hydrogen-bond donors (Lipinski definition) is 1. The van der Waals surface area contributed by atoms with Crippen LogP contribution in [0.2, 0.25) is 0 Å². The molecule has 1 N–H and O–H groups in total. The van der Waals surface area contributed by atoms with Gasteiger partial charge in [-0.05, 0) is 67.3 Å². The van der Waals surface area contributed by atoms with Crippen molar-refractivity contribution in [3.05, 3.63) is 58.9 Å². The van der Waals surface area contributed by atoms with Crippen LogP contribution in [-0.2, 0) is 22.7 Å². The van der Waals surface area contributed by atoms with Crippen LogP contribution in [0, 0.1) is 5.82 Å². The Kier molecular flexibility index (Phi) is 6.91. The van der Waals surface area contributed by atoms with E-state index in [1.807, 2.05) is 12.1 Å². The van der Waals surface area contributed by atoms with Crippen molar-refractivity contribution >= 4 is 17.7 Å². The van der Waals surface area contributed by atoms with Crippen molar-refractivity contribution in [3.63, 3.8) is 0 Å². The number of hydrogen-bond acceptors (Lipinski definition) is 6. The summed E-state index contributed by atoms with van der Waals surface area (Å²) < 4.78 is 25.3. The lowest BCUT2D eigenvalue weighted by molar-refractivity contribution is -0.136. The van der Waals surface area contributed by atoms with E-state index in [-0.39, 0.29) is 35.8 Å². The molecule has 3 heterocycles. The van der Waals surface area contributed by atoms with Crippen LogP contribution in [0.25, 0.3) is 0 Å². The van der Waals surface area contributed by atoms with Gasteiger partial charge in [0.15, 0.2) is 11.6 Å². The number of piperidine rings is 2. The Balaban J connectivity index is 1.22. The molecule has 1 unspecified atom stereocenters. The number of imide groups is 1. The Hall–Kier alpha value is -3.46. The van der Waals surface area contributed by atoms with Crippen LogP contribution < -0.4 is 14.8 Å². The quantitative estimate of drug-likeness (QED) is 0.594. The maximum absolute atomic E-state index is 14.2. The van der Waals surface area contributed by atoms with E-state index in [4.69, 9.17) is 9.47 Å². The molecule has 3 aliphatic rings. The standard InChI is InChI=1S/C27H30FN3O5/c1-35-24-9-5-17(12-22(24)28)14-30-11-3-2-4-19(30)16-36-20-6-7-21-18(13-20)15-31(27(21)34)23-8-10-25(32)29-26(23)33/h5-7,9,12-13,19,23H,2-4,8,10-11,14-16H2,1H3,(H,29,32,33)/t19-,23?/m1/s1. The van der Waals surface area contributed by atoms with Crippen molar-refractivity contribution in [2.45, 2.75) is 57.3 Å². The highest BCUT2D eigenvalue weighted by molar-refractivity contribution is 6.05. The van der Waals surface area contributed by atoms with Gasteiger partial charge >= 0.3 is 0 Å². The molecule has 2 saturated heterocycles. The number of carbonyl (C=O) groups excluding carboxylic acids is 3. The first-order valence-electron chi connectivity index (χ1n) is 12.4. The Morgan fingerprint density at radius 2 is 1.94 bits per heavy atom. The average molecular weight is 496 g/mol. The van der Waals surface area contributed by atoms with Crippen molar-refractivity contribution in [1.29, 1.82) is 0 Å². The van der Waals surface area contributed by atoms with Gasteiger partial charge in [0.1, 0.15) is 18.4 Å². The van der Waals surface area contributed by atoms with Gasteiger partial charge in [-0.3, -0.25) is 24.6 Å². The van der Waals surface area contributed by atoms with Gasteiger partial charge in [-0.15, -0.1) is 0 Å². The fourth-order valence-electron chi connectivity index (χ4n) is 5.33. The molecule has 3 aliphatic heterocycles. The molecule has 8 nitrogen and oxygen atoms in total. The Labute approximate surface area is 209 Å². The zero-order valence-corrected chi connectivity index (χ0v) is 20.3. The zero-order chi connectivity index (χ0) is 25.2. The fourth-order valence-corrected chi connectivity index (χ4v) is 5.33. The summed E-state index contributed by atoms with van der Waals surface area (Å²) >= 11 is 0. The predicted molar refractivity (Wildman–Crippen MR) is 129 cm³/mol. The monoisotopic (exact) mass is 495 g/mol. The molecule has 2 atom stereocenters. The summed E-state index contributed by atoms with van der Waals surface area (Å²) in [6.07, 6.45) is 3.76. The second kappa shape index (κ2) is 10.3. The van der Waals surface area contributed by atoms with Crippen molar-refractivity contribution in [2.24, 2.45) is 0 Å². The van der Waals surface area contributed by atoms with Gasteiger partial charge in [-0.1, -0.05) is 12.5 Å². The van der Waals surface area contributed by atoms with Crippen LogP contribution in [0.1, 0.15) is 53.6 Å². The number of ether oxygens (including phenoxy) is 2. The first-order valence-corrected chi connectivity index (χ1v) is 12.4. The molecule has 5 rings (SSSR count). The van der Waals surface area contributed by atoms with Gasteiger partial charge in [0.2, 0.25) is 11.8 Å².